The minimum Gasteiger partial charge on any atom is -0.454 e. The summed E-state index contributed by atoms with van der Waals surface area (Å²) < 4.78 is 6.41. The van der Waals surface area contributed by atoms with Crippen molar-refractivity contribution < 1.29 is 4.42 Å². The van der Waals surface area contributed by atoms with Gasteiger partial charge in [-0.05, 0) is 66.2 Å². The number of hydrogen-bond acceptors (Lipinski definition) is 6. The molecule has 0 saturated carbocycles. The fourth-order valence-corrected chi connectivity index (χ4v) is 4.82. The van der Waals surface area contributed by atoms with Crippen molar-refractivity contribution in [2.24, 2.45) is 0 Å². The molecule has 6 rings (SSSR count). The maximum atomic E-state index is 6.41. The normalized spacial score (nSPS) is 11.4. The number of aromatic nitrogens is 3. The first-order chi connectivity index (χ1) is 18.6. The fourth-order valence-electron chi connectivity index (χ4n) is 4.82. The molecule has 0 aliphatic heterocycles. The van der Waals surface area contributed by atoms with Crippen LogP contribution >= 0.6 is 0 Å². The largest absolute Gasteiger partial charge is 0.454 e. The minimum atomic E-state index is 0.720. The number of furan rings is 1. The summed E-state index contributed by atoms with van der Waals surface area (Å²) in [6.45, 7) is 2.17. The second-order valence-corrected chi connectivity index (χ2v) is 9.69. The summed E-state index contributed by atoms with van der Waals surface area (Å²) in [5, 5.41) is 2.14. The average Bonchev–Trinajstić information content (AvgIpc) is 3.39. The van der Waals surface area contributed by atoms with Gasteiger partial charge in [0.25, 0.3) is 0 Å². The van der Waals surface area contributed by atoms with E-state index in [2.05, 4.69) is 80.4 Å². The van der Waals surface area contributed by atoms with Crippen LogP contribution in [0.5, 0.6) is 0 Å². The zero-order chi connectivity index (χ0) is 25.9. The molecule has 2 aromatic carbocycles. The molecule has 4 aromatic heterocycles. The second-order valence-electron chi connectivity index (χ2n) is 9.69. The average molecular weight is 500 g/mol. The van der Waals surface area contributed by atoms with Gasteiger partial charge in [0.2, 0.25) is 0 Å². The van der Waals surface area contributed by atoms with Crippen LogP contribution in [0.4, 0.5) is 5.69 Å². The first-order valence-electron chi connectivity index (χ1n) is 12.7. The molecule has 0 bridgehead atoms. The van der Waals surface area contributed by atoms with Gasteiger partial charge in [-0.1, -0.05) is 24.3 Å². The van der Waals surface area contributed by atoms with Crippen LogP contribution in [0, 0.1) is 0 Å². The summed E-state index contributed by atoms with van der Waals surface area (Å²) in [6.07, 6.45) is 5.57. The number of rotatable bonds is 8. The maximum Gasteiger partial charge on any atom is 0.161 e. The molecular weight excluding hydrogens is 470 g/mol. The lowest BCUT2D eigenvalue weighted by atomic mass is 10.1. The zero-order valence-electron chi connectivity index (χ0n) is 21.6. The Hall–Kier alpha value is -4.55. The van der Waals surface area contributed by atoms with E-state index in [1.807, 2.05) is 57.0 Å². The van der Waals surface area contributed by atoms with Crippen molar-refractivity contribution >= 4 is 27.6 Å². The molecule has 0 N–H and O–H groups in total. The van der Waals surface area contributed by atoms with Crippen molar-refractivity contribution in [3.63, 3.8) is 0 Å². The number of benzene rings is 2. The van der Waals surface area contributed by atoms with Gasteiger partial charge in [0.15, 0.2) is 5.58 Å². The summed E-state index contributed by atoms with van der Waals surface area (Å²) in [5.41, 5.74) is 7.15. The molecule has 0 aliphatic rings. The molecule has 0 fully saturated rings. The Labute approximate surface area is 222 Å². The monoisotopic (exact) mass is 499 g/mol. The quantitative estimate of drug-likeness (QED) is 0.232. The van der Waals surface area contributed by atoms with Crippen molar-refractivity contribution in [3.8, 4) is 11.3 Å². The zero-order valence-corrected chi connectivity index (χ0v) is 21.6. The van der Waals surface area contributed by atoms with Crippen LogP contribution in [0.1, 0.15) is 17.0 Å². The number of fused-ring (bicyclic) bond motifs is 3. The molecule has 6 nitrogen and oxygen atoms in total. The number of hydrogen-bond donors (Lipinski definition) is 0. The van der Waals surface area contributed by atoms with E-state index in [4.69, 9.17) is 9.40 Å². The third kappa shape index (κ3) is 4.99. The van der Waals surface area contributed by atoms with E-state index in [1.165, 1.54) is 5.56 Å². The van der Waals surface area contributed by atoms with Gasteiger partial charge in [-0.25, -0.2) is 0 Å². The van der Waals surface area contributed by atoms with Crippen LogP contribution in [-0.2, 0) is 19.6 Å². The van der Waals surface area contributed by atoms with Gasteiger partial charge in [0, 0.05) is 74.3 Å². The standard InChI is InChI=1S/C32H29N5O/c1-36(2)28-12-9-23(10-13-28)30-19-24-11-14-29-25(15-18-35-31(29)32(24)38-30)20-37(21-26-7-3-5-16-33-26)22-27-8-4-6-17-34-27/h3-19H,20-22H2,1-2H3. The van der Waals surface area contributed by atoms with E-state index in [0.717, 1.165) is 69.9 Å². The van der Waals surface area contributed by atoms with E-state index in [9.17, 15) is 0 Å². The van der Waals surface area contributed by atoms with Gasteiger partial charge < -0.3 is 9.32 Å². The van der Waals surface area contributed by atoms with Crippen LogP contribution < -0.4 is 4.90 Å². The lowest BCUT2D eigenvalue weighted by Gasteiger charge is -2.22. The first kappa shape index (κ1) is 23.8. The van der Waals surface area contributed by atoms with E-state index < -0.39 is 0 Å². The highest BCUT2D eigenvalue weighted by Gasteiger charge is 2.16. The van der Waals surface area contributed by atoms with E-state index in [1.54, 1.807) is 0 Å². The molecule has 0 atom stereocenters. The number of pyridine rings is 3. The van der Waals surface area contributed by atoms with Gasteiger partial charge in [-0.15, -0.1) is 0 Å². The first-order valence-corrected chi connectivity index (χ1v) is 12.7. The topological polar surface area (TPSA) is 58.3 Å². The molecule has 0 amide bonds. The third-order valence-electron chi connectivity index (χ3n) is 6.77. The van der Waals surface area contributed by atoms with Crippen molar-refractivity contribution in [1.29, 1.82) is 0 Å². The van der Waals surface area contributed by atoms with E-state index in [-0.39, 0.29) is 0 Å². The maximum absolute atomic E-state index is 6.41. The molecular formula is C32H29N5O. The lowest BCUT2D eigenvalue weighted by Crippen LogP contribution is -2.23. The highest BCUT2D eigenvalue weighted by molar-refractivity contribution is 6.04. The third-order valence-corrected chi connectivity index (χ3v) is 6.77. The van der Waals surface area contributed by atoms with Crippen LogP contribution in [0.15, 0.2) is 108 Å². The minimum absolute atomic E-state index is 0.720. The van der Waals surface area contributed by atoms with E-state index >= 15 is 0 Å². The molecule has 0 spiro atoms. The SMILES string of the molecule is CN(C)c1ccc(-c2cc3ccc4c(CN(Cc5ccccn5)Cc5ccccn5)ccnc4c3o2)cc1. The van der Waals surface area contributed by atoms with E-state index in [0.29, 0.717) is 0 Å². The molecule has 6 heteroatoms. The van der Waals surface area contributed by atoms with Crippen LogP contribution in [0.25, 0.3) is 33.2 Å². The Morgan fingerprint density at radius 3 is 2.03 bits per heavy atom. The Morgan fingerprint density at radius 2 is 1.39 bits per heavy atom. The summed E-state index contributed by atoms with van der Waals surface area (Å²) in [7, 11) is 4.08. The van der Waals surface area contributed by atoms with Crippen molar-refractivity contribution in [2.45, 2.75) is 19.6 Å². The molecule has 6 aromatic rings. The molecule has 38 heavy (non-hydrogen) atoms. The van der Waals surface area contributed by atoms with Gasteiger partial charge in [0.1, 0.15) is 11.3 Å². The fraction of sp³-hybridized carbons (Fsp3) is 0.156. The Kier molecular flexibility index (Phi) is 6.54. The van der Waals surface area contributed by atoms with Crippen LogP contribution in [-0.4, -0.2) is 33.9 Å². The summed E-state index contributed by atoms with van der Waals surface area (Å²) in [5.74, 6) is 0.844. The highest BCUT2D eigenvalue weighted by Crippen LogP contribution is 2.34. The summed E-state index contributed by atoms with van der Waals surface area (Å²) in [6, 6.07) is 29.0. The smallest absolute Gasteiger partial charge is 0.161 e. The molecule has 4 heterocycles. The predicted molar refractivity (Wildman–Crippen MR) is 153 cm³/mol. The van der Waals surface area contributed by atoms with Crippen molar-refractivity contribution in [2.75, 3.05) is 19.0 Å². The Balaban J connectivity index is 1.35. The van der Waals surface area contributed by atoms with Gasteiger partial charge in [-0.2, -0.15) is 0 Å². The Morgan fingerprint density at radius 1 is 0.684 bits per heavy atom. The number of nitrogens with zero attached hydrogens (tertiary/aromatic N) is 5. The van der Waals surface area contributed by atoms with Crippen molar-refractivity contribution in [1.82, 2.24) is 19.9 Å². The highest BCUT2D eigenvalue weighted by atomic mass is 16.3. The van der Waals surface area contributed by atoms with Gasteiger partial charge >= 0.3 is 0 Å². The number of anilines is 1. The molecule has 0 saturated heterocycles. The molecule has 0 aliphatic carbocycles. The van der Waals surface area contributed by atoms with Gasteiger partial charge in [-0.3, -0.25) is 19.9 Å². The Bertz CT molecular complexity index is 1620. The van der Waals surface area contributed by atoms with Crippen LogP contribution in [0.3, 0.4) is 0 Å². The lowest BCUT2D eigenvalue weighted by molar-refractivity contribution is 0.242. The summed E-state index contributed by atoms with van der Waals surface area (Å²) >= 11 is 0. The summed E-state index contributed by atoms with van der Waals surface area (Å²) in [4.78, 5) is 18.3. The van der Waals surface area contributed by atoms with Gasteiger partial charge in [0.05, 0.1) is 11.4 Å². The second kappa shape index (κ2) is 10.4. The predicted octanol–water partition coefficient (Wildman–Crippen LogP) is 6.71. The molecule has 0 radical (unpaired) electrons. The molecule has 0 unspecified atom stereocenters. The van der Waals surface area contributed by atoms with Crippen molar-refractivity contribution in [3.05, 3.63) is 120 Å². The van der Waals surface area contributed by atoms with Crippen LogP contribution in [0.2, 0.25) is 0 Å². The molecule has 188 valence electrons.